The molecule has 1 fully saturated rings. The summed E-state index contributed by atoms with van der Waals surface area (Å²) in [4.78, 5) is 70.3. The molecule has 0 saturated carbocycles. The minimum atomic E-state index is -1.14. The maximum Gasteiger partial charge on any atom is 0.326 e. The van der Waals surface area contributed by atoms with E-state index in [9.17, 15) is 29.1 Å². The number of aliphatic carboxylic acids is 1. The molecule has 0 aliphatic carbocycles. The van der Waals surface area contributed by atoms with Gasteiger partial charge in [0, 0.05) is 34.2 Å². The average molecular weight is 732 g/mol. The Hall–Kier alpha value is -3.55. The van der Waals surface area contributed by atoms with Gasteiger partial charge in [0.2, 0.25) is 23.6 Å². The molecule has 0 aromatic heterocycles. The zero-order chi connectivity index (χ0) is 39.3. The maximum absolute atomic E-state index is 14.1. The second-order valence-corrected chi connectivity index (χ2v) is 14.9. The van der Waals surface area contributed by atoms with Crippen molar-refractivity contribution in [3.8, 4) is 0 Å². The van der Waals surface area contributed by atoms with Gasteiger partial charge in [-0.3, -0.25) is 19.2 Å². The summed E-state index contributed by atoms with van der Waals surface area (Å²) in [5.41, 5.74) is 0.785. The summed E-state index contributed by atoms with van der Waals surface area (Å²) in [5, 5.41) is 18.5. The van der Waals surface area contributed by atoms with Crippen LogP contribution in [0, 0.1) is 23.7 Å². The second kappa shape index (κ2) is 21.2. The Morgan fingerprint density at radius 2 is 1.54 bits per heavy atom. The lowest BCUT2D eigenvalue weighted by Crippen LogP contribution is -2.59. The molecule has 4 amide bonds. The van der Waals surface area contributed by atoms with Crippen LogP contribution < -0.4 is 16.0 Å². The minimum Gasteiger partial charge on any atom is -0.480 e. The van der Waals surface area contributed by atoms with Gasteiger partial charge in [-0.05, 0) is 43.2 Å². The molecule has 13 nitrogen and oxygen atoms in total. The van der Waals surface area contributed by atoms with Crippen LogP contribution in [0.3, 0.4) is 0 Å². The third-order valence-corrected chi connectivity index (χ3v) is 10.6. The predicted octanol–water partition coefficient (Wildman–Crippen LogP) is 3.10. The summed E-state index contributed by atoms with van der Waals surface area (Å²) in [5.74, 6) is -3.27. The third kappa shape index (κ3) is 11.7. The predicted molar refractivity (Wildman–Crippen MR) is 200 cm³/mol. The number of nitrogens with zero attached hydrogens (tertiary/aromatic N) is 2. The molecule has 2 rings (SSSR count). The lowest BCUT2D eigenvalue weighted by atomic mass is 9.89. The fourth-order valence-corrected chi connectivity index (χ4v) is 7.40. The summed E-state index contributed by atoms with van der Waals surface area (Å²) in [6.45, 7) is 13.9. The van der Waals surface area contributed by atoms with Gasteiger partial charge in [0.1, 0.15) is 12.1 Å². The van der Waals surface area contributed by atoms with Crippen molar-refractivity contribution < 1.29 is 38.6 Å². The molecule has 9 atom stereocenters. The number of carbonyl (C=O) groups excluding carboxylic acids is 4. The summed E-state index contributed by atoms with van der Waals surface area (Å²) >= 11 is 0. The summed E-state index contributed by atoms with van der Waals surface area (Å²) in [7, 11) is 6.46. The van der Waals surface area contributed by atoms with Gasteiger partial charge < -0.3 is 40.3 Å². The van der Waals surface area contributed by atoms with Crippen LogP contribution in [-0.4, -0.2) is 122 Å². The van der Waals surface area contributed by atoms with Crippen LogP contribution in [0.25, 0.3) is 0 Å². The number of likely N-dealkylation sites (tertiary alicyclic amines) is 1. The summed E-state index contributed by atoms with van der Waals surface area (Å²) in [6.07, 6.45) is 0.818. The molecule has 0 unspecified atom stereocenters. The first-order valence-electron chi connectivity index (χ1n) is 18.7. The van der Waals surface area contributed by atoms with Gasteiger partial charge in [0.15, 0.2) is 0 Å². The number of ether oxygens (including phenoxy) is 2. The molecule has 0 spiro atoms. The van der Waals surface area contributed by atoms with Crippen LogP contribution in [0.4, 0.5) is 0 Å². The van der Waals surface area contributed by atoms with Crippen LogP contribution >= 0.6 is 0 Å². The molecule has 294 valence electrons. The lowest BCUT2D eigenvalue weighted by molar-refractivity contribution is -0.148. The first-order chi connectivity index (χ1) is 24.5. The van der Waals surface area contributed by atoms with Crippen molar-refractivity contribution in [2.45, 2.75) is 123 Å². The molecule has 1 heterocycles. The first-order valence-corrected chi connectivity index (χ1v) is 18.7. The van der Waals surface area contributed by atoms with Crippen LogP contribution in [0.2, 0.25) is 0 Å². The third-order valence-electron chi connectivity index (χ3n) is 10.6. The van der Waals surface area contributed by atoms with E-state index in [4.69, 9.17) is 9.47 Å². The van der Waals surface area contributed by atoms with E-state index in [0.717, 1.165) is 12.0 Å². The number of hydrogen-bond donors (Lipinski definition) is 4. The molecule has 52 heavy (non-hydrogen) atoms. The van der Waals surface area contributed by atoms with Gasteiger partial charge in [-0.15, -0.1) is 0 Å². The van der Waals surface area contributed by atoms with E-state index < -0.39 is 60.2 Å². The second-order valence-electron chi connectivity index (χ2n) is 14.9. The first kappa shape index (κ1) is 44.6. The van der Waals surface area contributed by atoms with Crippen molar-refractivity contribution in [1.29, 1.82) is 0 Å². The highest BCUT2D eigenvalue weighted by atomic mass is 16.5. The van der Waals surface area contributed by atoms with Gasteiger partial charge in [-0.1, -0.05) is 85.2 Å². The Bertz CT molecular complexity index is 1310. The van der Waals surface area contributed by atoms with E-state index in [1.807, 2.05) is 71.9 Å². The zero-order valence-electron chi connectivity index (χ0n) is 33.2. The number of rotatable bonds is 21. The Balaban J connectivity index is 2.26. The van der Waals surface area contributed by atoms with Gasteiger partial charge in [-0.25, -0.2) is 4.79 Å². The van der Waals surface area contributed by atoms with E-state index in [2.05, 4.69) is 16.0 Å². The molecule has 13 heteroatoms. The molecule has 1 aliphatic rings. The van der Waals surface area contributed by atoms with E-state index in [1.54, 1.807) is 30.8 Å². The van der Waals surface area contributed by atoms with Crippen LogP contribution in [0.15, 0.2) is 30.3 Å². The molecule has 4 N–H and O–H groups in total. The molecule has 0 bridgehead atoms. The van der Waals surface area contributed by atoms with E-state index in [-0.39, 0.29) is 48.3 Å². The monoisotopic (exact) mass is 731 g/mol. The number of methoxy groups -OCH3 is 2. The number of benzene rings is 1. The molecule has 0 radical (unpaired) electrons. The highest BCUT2D eigenvalue weighted by molar-refractivity contribution is 5.90. The number of carbonyl (C=O) groups is 5. The molecule has 1 saturated heterocycles. The molecular formula is C39H65N5O8. The van der Waals surface area contributed by atoms with Crippen molar-refractivity contribution in [2.75, 3.05) is 34.9 Å². The van der Waals surface area contributed by atoms with Crippen LogP contribution in [0.1, 0.15) is 79.7 Å². The maximum atomic E-state index is 14.1. The van der Waals surface area contributed by atoms with Crippen molar-refractivity contribution in [2.24, 2.45) is 23.7 Å². The fraction of sp³-hybridized carbons (Fsp3) is 0.718. The van der Waals surface area contributed by atoms with Crippen molar-refractivity contribution in [1.82, 2.24) is 25.8 Å². The summed E-state index contributed by atoms with van der Waals surface area (Å²) in [6, 6.07) is 5.84. The topological polar surface area (TPSA) is 167 Å². The fourth-order valence-electron chi connectivity index (χ4n) is 7.40. The number of hydrogen-bond acceptors (Lipinski definition) is 8. The zero-order valence-corrected chi connectivity index (χ0v) is 33.2. The smallest absolute Gasteiger partial charge is 0.326 e. The van der Waals surface area contributed by atoms with Crippen molar-refractivity contribution in [3.63, 3.8) is 0 Å². The normalized spacial score (nSPS) is 19.2. The van der Waals surface area contributed by atoms with E-state index in [0.29, 0.717) is 19.4 Å². The van der Waals surface area contributed by atoms with Gasteiger partial charge in [0.25, 0.3) is 0 Å². The molecular weight excluding hydrogens is 666 g/mol. The van der Waals surface area contributed by atoms with Gasteiger partial charge >= 0.3 is 5.97 Å². The molecule has 1 aromatic carbocycles. The number of amides is 4. The van der Waals surface area contributed by atoms with Gasteiger partial charge in [-0.2, -0.15) is 0 Å². The number of carboxylic acids is 1. The number of likely N-dealkylation sites (N-methyl/N-ethyl adjacent to an activating group) is 2. The Kier molecular flexibility index (Phi) is 18.2. The van der Waals surface area contributed by atoms with Crippen LogP contribution in [0.5, 0.6) is 0 Å². The SMILES string of the molecule is CC[C@@H](C)[C@@H]([C@@H](CC(=O)N1CCC[C@H]1[C@H](OC)[C@@H](C)C(=O)N[C@@H](Cc1ccccc1)C(=O)O)OC)N(C)C(=O)[C@@H](NC(=O)[C@@H](NC)C(C)C)C(C)C. The molecule has 1 aliphatic heterocycles. The van der Waals surface area contributed by atoms with E-state index in [1.165, 1.54) is 14.2 Å². The van der Waals surface area contributed by atoms with E-state index >= 15 is 0 Å². The number of carboxylic acid groups (broad SMARTS) is 1. The highest BCUT2D eigenvalue weighted by Crippen LogP contribution is 2.29. The average Bonchev–Trinajstić information content (AvgIpc) is 3.59. The molecule has 1 aromatic rings. The quantitative estimate of drug-likeness (QED) is 0.149. The Labute approximate surface area is 310 Å². The Morgan fingerprint density at radius 1 is 0.923 bits per heavy atom. The standard InChI is InChI=1S/C39H65N5O8/c1-12-25(6)34(43(9)38(48)33(24(4)5)42-37(47)32(40-8)23(2)3)30(51-10)22-31(45)44-20-16-19-29(44)35(52-11)26(7)36(46)41-28(39(49)50)21-27-17-14-13-15-18-27/h13-15,17-18,23-26,28-30,32-35,40H,12,16,19-22H2,1-11H3,(H,41,46)(H,42,47)(H,49,50)/t25-,26-,28+,29+,30-,32+,33+,34+,35-/m1/s1. The van der Waals surface area contributed by atoms with Crippen molar-refractivity contribution in [3.05, 3.63) is 35.9 Å². The van der Waals surface area contributed by atoms with Gasteiger partial charge in [0.05, 0.1) is 42.7 Å². The largest absolute Gasteiger partial charge is 0.480 e. The van der Waals surface area contributed by atoms with Crippen molar-refractivity contribution >= 4 is 29.6 Å². The number of nitrogens with one attached hydrogen (secondary N) is 3. The Morgan fingerprint density at radius 3 is 2.04 bits per heavy atom. The summed E-state index contributed by atoms with van der Waals surface area (Å²) < 4.78 is 11.8. The highest BCUT2D eigenvalue weighted by Gasteiger charge is 2.43. The minimum absolute atomic E-state index is 0.0112. The van der Waals surface area contributed by atoms with Crippen LogP contribution in [-0.2, 0) is 39.9 Å². The lowest BCUT2D eigenvalue weighted by Gasteiger charge is -2.41.